The number of hydrogen-bond acceptors (Lipinski definition) is 3. The molecule has 2 saturated heterocycles. The van der Waals surface area contributed by atoms with Crippen molar-refractivity contribution in [2.24, 2.45) is 5.41 Å². The molecule has 0 radical (unpaired) electrons. The quantitative estimate of drug-likeness (QED) is 0.762. The second-order valence-electron chi connectivity index (χ2n) is 7.11. The lowest BCUT2D eigenvalue weighted by Crippen LogP contribution is -2.49. The molecule has 3 nitrogen and oxygen atoms in total. The molecule has 0 spiro atoms. The zero-order chi connectivity index (χ0) is 13.0. The molecular formula is C15H30N2O. The standard InChI is InChI=1S/C15H30N2O/c1-15(2,3)7-5-8-16-10-14-11-17-9-4-6-13(17)12-18-14/h13-14,16H,4-12H2,1-3H3. The first-order valence-electron chi connectivity index (χ1n) is 7.61. The predicted octanol–water partition coefficient (Wildman–Crippen LogP) is 2.27. The molecule has 0 aliphatic carbocycles. The summed E-state index contributed by atoms with van der Waals surface area (Å²) in [6, 6.07) is 0.724. The Balaban J connectivity index is 1.54. The van der Waals surface area contributed by atoms with Crippen molar-refractivity contribution in [3.05, 3.63) is 0 Å². The molecule has 2 rings (SSSR count). The molecule has 0 bridgehead atoms. The lowest BCUT2D eigenvalue weighted by atomic mass is 9.91. The van der Waals surface area contributed by atoms with E-state index in [2.05, 4.69) is 31.0 Å². The van der Waals surface area contributed by atoms with E-state index in [1.807, 2.05) is 0 Å². The number of nitrogens with zero attached hydrogens (tertiary/aromatic N) is 1. The minimum absolute atomic E-state index is 0.411. The molecule has 0 amide bonds. The van der Waals surface area contributed by atoms with Gasteiger partial charge >= 0.3 is 0 Å². The summed E-state index contributed by atoms with van der Waals surface area (Å²) in [5, 5.41) is 3.56. The zero-order valence-electron chi connectivity index (χ0n) is 12.4. The van der Waals surface area contributed by atoms with Crippen LogP contribution in [0.1, 0.15) is 46.5 Å². The topological polar surface area (TPSA) is 24.5 Å². The molecule has 2 aliphatic heterocycles. The average Bonchev–Trinajstić information content (AvgIpc) is 2.74. The number of hydrogen-bond donors (Lipinski definition) is 1. The molecule has 2 unspecified atom stereocenters. The maximum atomic E-state index is 5.94. The van der Waals surface area contributed by atoms with Crippen LogP contribution in [0.2, 0.25) is 0 Å². The Labute approximate surface area is 112 Å². The van der Waals surface area contributed by atoms with Crippen LogP contribution < -0.4 is 5.32 Å². The van der Waals surface area contributed by atoms with Crippen LogP contribution in [0, 0.1) is 5.41 Å². The fraction of sp³-hybridized carbons (Fsp3) is 1.00. The van der Waals surface area contributed by atoms with Crippen molar-refractivity contribution in [3.63, 3.8) is 0 Å². The molecule has 0 aromatic rings. The van der Waals surface area contributed by atoms with Crippen LogP contribution in [0.5, 0.6) is 0 Å². The Morgan fingerprint density at radius 3 is 2.94 bits per heavy atom. The third-order valence-electron chi connectivity index (χ3n) is 4.11. The monoisotopic (exact) mass is 254 g/mol. The summed E-state index contributed by atoms with van der Waals surface area (Å²) in [6.45, 7) is 12.5. The molecule has 2 heterocycles. The van der Waals surface area contributed by atoms with Crippen LogP contribution in [0.3, 0.4) is 0 Å². The van der Waals surface area contributed by atoms with Gasteiger partial charge in [-0.3, -0.25) is 4.90 Å². The highest BCUT2D eigenvalue weighted by molar-refractivity contribution is 4.85. The van der Waals surface area contributed by atoms with Gasteiger partial charge in [0.2, 0.25) is 0 Å². The van der Waals surface area contributed by atoms with Crippen LogP contribution in [0.15, 0.2) is 0 Å². The maximum absolute atomic E-state index is 5.94. The van der Waals surface area contributed by atoms with E-state index in [-0.39, 0.29) is 0 Å². The highest BCUT2D eigenvalue weighted by Crippen LogP contribution is 2.22. The molecule has 0 aromatic heterocycles. The molecule has 2 aliphatic rings. The number of ether oxygens (including phenoxy) is 1. The average molecular weight is 254 g/mol. The van der Waals surface area contributed by atoms with Gasteiger partial charge in [0.25, 0.3) is 0 Å². The summed E-state index contributed by atoms with van der Waals surface area (Å²) in [6.07, 6.45) is 5.67. The minimum Gasteiger partial charge on any atom is -0.374 e. The molecule has 2 fully saturated rings. The Hall–Kier alpha value is -0.120. The lowest BCUT2D eigenvalue weighted by molar-refractivity contribution is -0.0468. The SMILES string of the molecule is CC(C)(C)CCCNCC1CN2CCCC2CO1. The Morgan fingerprint density at radius 2 is 2.17 bits per heavy atom. The van der Waals surface area contributed by atoms with Crippen molar-refractivity contribution in [2.45, 2.75) is 58.6 Å². The molecule has 18 heavy (non-hydrogen) atoms. The molecule has 0 saturated carbocycles. The van der Waals surface area contributed by atoms with Gasteiger partial charge in [-0.2, -0.15) is 0 Å². The van der Waals surface area contributed by atoms with Gasteiger partial charge in [0.1, 0.15) is 0 Å². The molecule has 3 heteroatoms. The summed E-state index contributed by atoms with van der Waals surface area (Å²) < 4.78 is 5.94. The van der Waals surface area contributed by atoms with Crippen molar-refractivity contribution in [1.82, 2.24) is 10.2 Å². The number of rotatable bonds is 5. The summed E-state index contributed by atoms with van der Waals surface area (Å²) in [5.74, 6) is 0. The van der Waals surface area contributed by atoms with Gasteiger partial charge in [-0.15, -0.1) is 0 Å². The summed E-state index contributed by atoms with van der Waals surface area (Å²) >= 11 is 0. The van der Waals surface area contributed by atoms with Crippen LogP contribution in [-0.4, -0.2) is 49.8 Å². The highest BCUT2D eigenvalue weighted by atomic mass is 16.5. The van der Waals surface area contributed by atoms with Gasteiger partial charge in [-0.25, -0.2) is 0 Å². The maximum Gasteiger partial charge on any atom is 0.0826 e. The first-order chi connectivity index (χ1) is 8.54. The first kappa shape index (κ1) is 14.3. The number of nitrogens with one attached hydrogen (secondary N) is 1. The van der Waals surface area contributed by atoms with Crippen molar-refractivity contribution < 1.29 is 4.74 Å². The Kier molecular flexibility index (Phi) is 5.05. The van der Waals surface area contributed by atoms with E-state index in [4.69, 9.17) is 4.74 Å². The second-order valence-corrected chi connectivity index (χ2v) is 7.11. The first-order valence-corrected chi connectivity index (χ1v) is 7.61. The molecule has 1 N–H and O–H groups in total. The number of fused-ring (bicyclic) bond motifs is 1. The fourth-order valence-corrected chi connectivity index (χ4v) is 3.02. The summed E-state index contributed by atoms with van der Waals surface area (Å²) in [4.78, 5) is 2.62. The molecule has 106 valence electrons. The number of morpholine rings is 1. The van der Waals surface area contributed by atoms with E-state index in [1.165, 1.54) is 32.2 Å². The fourth-order valence-electron chi connectivity index (χ4n) is 3.02. The largest absolute Gasteiger partial charge is 0.374 e. The summed E-state index contributed by atoms with van der Waals surface area (Å²) in [7, 11) is 0. The van der Waals surface area contributed by atoms with Crippen molar-refractivity contribution in [1.29, 1.82) is 0 Å². The third-order valence-corrected chi connectivity index (χ3v) is 4.11. The van der Waals surface area contributed by atoms with Crippen LogP contribution in [-0.2, 0) is 4.74 Å². The normalized spacial score (nSPS) is 29.5. The molecular weight excluding hydrogens is 224 g/mol. The van der Waals surface area contributed by atoms with Gasteiger partial charge in [-0.1, -0.05) is 20.8 Å². The Morgan fingerprint density at radius 1 is 1.33 bits per heavy atom. The van der Waals surface area contributed by atoms with Gasteiger partial charge in [0, 0.05) is 19.1 Å². The highest BCUT2D eigenvalue weighted by Gasteiger charge is 2.31. The van der Waals surface area contributed by atoms with Gasteiger partial charge in [-0.05, 0) is 44.2 Å². The van der Waals surface area contributed by atoms with E-state index in [9.17, 15) is 0 Å². The van der Waals surface area contributed by atoms with E-state index in [0.717, 1.165) is 32.3 Å². The zero-order valence-corrected chi connectivity index (χ0v) is 12.4. The molecule has 2 atom stereocenters. The van der Waals surface area contributed by atoms with Crippen LogP contribution in [0.25, 0.3) is 0 Å². The third kappa shape index (κ3) is 4.52. The second kappa shape index (κ2) is 6.36. The Bertz CT molecular complexity index is 249. The van der Waals surface area contributed by atoms with Crippen LogP contribution in [0.4, 0.5) is 0 Å². The van der Waals surface area contributed by atoms with E-state index in [0.29, 0.717) is 11.5 Å². The van der Waals surface area contributed by atoms with Crippen LogP contribution >= 0.6 is 0 Å². The minimum atomic E-state index is 0.411. The van der Waals surface area contributed by atoms with E-state index < -0.39 is 0 Å². The van der Waals surface area contributed by atoms with E-state index in [1.54, 1.807) is 0 Å². The smallest absolute Gasteiger partial charge is 0.0826 e. The van der Waals surface area contributed by atoms with Gasteiger partial charge in [0.15, 0.2) is 0 Å². The molecule has 0 aromatic carbocycles. The van der Waals surface area contributed by atoms with Crippen molar-refractivity contribution in [2.75, 3.05) is 32.8 Å². The van der Waals surface area contributed by atoms with E-state index >= 15 is 0 Å². The van der Waals surface area contributed by atoms with Gasteiger partial charge in [0.05, 0.1) is 12.7 Å². The predicted molar refractivity (Wildman–Crippen MR) is 75.9 cm³/mol. The van der Waals surface area contributed by atoms with Crippen molar-refractivity contribution >= 4 is 0 Å². The van der Waals surface area contributed by atoms with Crippen molar-refractivity contribution in [3.8, 4) is 0 Å². The summed E-state index contributed by atoms with van der Waals surface area (Å²) in [5.41, 5.74) is 0.464. The van der Waals surface area contributed by atoms with Gasteiger partial charge < -0.3 is 10.1 Å². The lowest BCUT2D eigenvalue weighted by Gasteiger charge is -2.35.